The van der Waals surface area contributed by atoms with E-state index in [-0.39, 0.29) is 11.7 Å². The van der Waals surface area contributed by atoms with Gasteiger partial charge in [0.15, 0.2) is 0 Å². The van der Waals surface area contributed by atoms with E-state index in [4.69, 9.17) is 4.74 Å². The van der Waals surface area contributed by atoms with E-state index in [1.807, 2.05) is 30.5 Å². The van der Waals surface area contributed by atoms with Crippen LogP contribution in [0.1, 0.15) is 24.0 Å². The van der Waals surface area contributed by atoms with Gasteiger partial charge in [-0.15, -0.1) is 0 Å². The minimum absolute atomic E-state index is 0.00899. The first-order valence-electron chi connectivity index (χ1n) is 10.1. The Labute approximate surface area is 178 Å². The summed E-state index contributed by atoms with van der Waals surface area (Å²) in [6.45, 7) is 0.599. The van der Waals surface area contributed by atoms with Crippen LogP contribution in [0.2, 0.25) is 0 Å². The van der Waals surface area contributed by atoms with E-state index < -0.39 is 0 Å². The van der Waals surface area contributed by atoms with Crippen molar-refractivity contribution in [3.63, 3.8) is 0 Å². The summed E-state index contributed by atoms with van der Waals surface area (Å²) in [4.78, 5) is 20.4. The predicted octanol–water partition coefficient (Wildman–Crippen LogP) is 3.74. The van der Waals surface area contributed by atoms with Crippen LogP contribution in [0, 0.1) is 5.82 Å². The summed E-state index contributed by atoms with van der Waals surface area (Å²) in [6.07, 6.45) is 7.77. The molecular weight excluding hydrogens is 397 g/mol. The van der Waals surface area contributed by atoms with Gasteiger partial charge in [-0.05, 0) is 66.8 Å². The van der Waals surface area contributed by atoms with Gasteiger partial charge in [-0.3, -0.25) is 4.79 Å². The van der Waals surface area contributed by atoms with Gasteiger partial charge in [0.2, 0.25) is 5.91 Å². The van der Waals surface area contributed by atoms with E-state index in [2.05, 4.69) is 20.4 Å². The van der Waals surface area contributed by atoms with Crippen molar-refractivity contribution in [2.75, 3.05) is 6.54 Å². The number of hydrogen-bond acceptors (Lipinski definition) is 5. The van der Waals surface area contributed by atoms with Crippen LogP contribution in [0.4, 0.5) is 4.39 Å². The smallest absolute Gasteiger partial charge is 0.252 e. The summed E-state index contributed by atoms with van der Waals surface area (Å²) < 4.78 is 20.4. The number of fused-ring (bicyclic) bond motifs is 1. The number of benzene rings is 2. The van der Waals surface area contributed by atoms with E-state index in [0.29, 0.717) is 36.7 Å². The van der Waals surface area contributed by atoms with Crippen molar-refractivity contribution in [2.24, 2.45) is 0 Å². The summed E-state index contributed by atoms with van der Waals surface area (Å²) >= 11 is 0. The maximum atomic E-state index is 13.0. The number of rotatable bonds is 9. The van der Waals surface area contributed by atoms with Crippen molar-refractivity contribution in [2.45, 2.75) is 25.7 Å². The maximum Gasteiger partial charge on any atom is 0.252 e. The number of amides is 1. The molecular formula is C23H22FN5O2. The molecule has 31 heavy (non-hydrogen) atoms. The Kier molecular flexibility index (Phi) is 6.47. The van der Waals surface area contributed by atoms with Crippen molar-refractivity contribution >= 4 is 11.7 Å². The molecule has 1 N–H and O–H groups in total. The lowest BCUT2D eigenvalue weighted by Crippen LogP contribution is -2.25. The largest absolute Gasteiger partial charge is 0.457 e. The summed E-state index contributed by atoms with van der Waals surface area (Å²) in [6, 6.07) is 13.4. The Morgan fingerprint density at radius 1 is 1.03 bits per heavy atom. The second-order valence-electron chi connectivity index (χ2n) is 7.12. The van der Waals surface area contributed by atoms with Crippen molar-refractivity contribution in [1.29, 1.82) is 0 Å². The average Bonchev–Trinajstić information content (AvgIpc) is 3.25. The molecule has 4 rings (SSSR count). The van der Waals surface area contributed by atoms with Crippen LogP contribution < -0.4 is 10.1 Å². The number of ether oxygens (including phenoxy) is 1. The molecule has 2 aromatic heterocycles. The summed E-state index contributed by atoms with van der Waals surface area (Å²) in [5.74, 6) is 1.50. The Hall–Kier alpha value is -3.81. The molecule has 4 aromatic rings. The number of aryl methyl sites for hydroxylation is 2. The van der Waals surface area contributed by atoms with Crippen LogP contribution in [0.5, 0.6) is 11.5 Å². The molecule has 0 spiro atoms. The van der Waals surface area contributed by atoms with E-state index in [1.54, 1.807) is 22.8 Å². The van der Waals surface area contributed by atoms with Crippen LogP contribution in [-0.4, -0.2) is 32.0 Å². The Bertz CT molecular complexity index is 1160. The minimum atomic E-state index is -0.306. The SMILES string of the molecule is O=C(CCc1cccc(Oc2ccc(F)cc2)c1)NCCCc1cnc2ncnn2c1. The number of hydrogen-bond donors (Lipinski definition) is 1. The number of carbonyl (C=O) groups is 1. The van der Waals surface area contributed by atoms with Crippen molar-refractivity contribution < 1.29 is 13.9 Å². The lowest BCUT2D eigenvalue weighted by atomic mass is 10.1. The third kappa shape index (κ3) is 5.85. The molecule has 0 aliphatic carbocycles. The highest BCUT2D eigenvalue weighted by Gasteiger charge is 2.05. The third-order valence-electron chi connectivity index (χ3n) is 4.74. The second kappa shape index (κ2) is 9.80. The summed E-state index contributed by atoms with van der Waals surface area (Å²) in [5.41, 5.74) is 2.05. The molecule has 1 amide bonds. The lowest BCUT2D eigenvalue weighted by Gasteiger charge is -2.08. The molecule has 2 heterocycles. The summed E-state index contributed by atoms with van der Waals surface area (Å²) in [7, 11) is 0. The average molecular weight is 419 g/mol. The summed E-state index contributed by atoms with van der Waals surface area (Å²) in [5, 5.41) is 7.03. The lowest BCUT2D eigenvalue weighted by molar-refractivity contribution is -0.121. The van der Waals surface area contributed by atoms with Gasteiger partial charge in [-0.1, -0.05) is 12.1 Å². The molecule has 7 nitrogen and oxygen atoms in total. The third-order valence-corrected chi connectivity index (χ3v) is 4.74. The fraction of sp³-hybridized carbons (Fsp3) is 0.217. The topological polar surface area (TPSA) is 81.4 Å². The van der Waals surface area contributed by atoms with Crippen LogP contribution >= 0.6 is 0 Å². The zero-order valence-corrected chi connectivity index (χ0v) is 16.9. The van der Waals surface area contributed by atoms with Crippen LogP contribution in [0.3, 0.4) is 0 Å². The molecule has 158 valence electrons. The van der Waals surface area contributed by atoms with Crippen molar-refractivity contribution in [3.8, 4) is 11.5 Å². The Morgan fingerprint density at radius 3 is 2.77 bits per heavy atom. The highest BCUT2D eigenvalue weighted by molar-refractivity contribution is 5.76. The van der Waals surface area contributed by atoms with E-state index >= 15 is 0 Å². The molecule has 8 heteroatoms. The molecule has 0 fully saturated rings. The number of nitrogens with one attached hydrogen (secondary N) is 1. The number of carbonyl (C=O) groups excluding carboxylic acids is 1. The van der Waals surface area contributed by atoms with Gasteiger partial charge in [0.05, 0.1) is 0 Å². The van der Waals surface area contributed by atoms with Gasteiger partial charge in [0, 0.05) is 25.4 Å². The Balaban J connectivity index is 1.19. The second-order valence-corrected chi connectivity index (χ2v) is 7.12. The molecule has 0 unspecified atom stereocenters. The van der Waals surface area contributed by atoms with Crippen LogP contribution in [0.15, 0.2) is 67.3 Å². The number of halogens is 1. The molecule has 0 atom stereocenters. The van der Waals surface area contributed by atoms with Gasteiger partial charge in [0.1, 0.15) is 23.6 Å². The van der Waals surface area contributed by atoms with E-state index in [1.165, 1.54) is 18.5 Å². The molecule has 0 aliphatic heterocycles. The molecule has 0 bridgehead atoms. The van der Waals surface area contributed by atoms with Crippen LogP contribution in [0.25, 0.3) is 5.78 Å². The van der Waals surface area contributed by atoms with Gasteiger partial charge in [0.25, 0.3) is 5.78 Å². The van der Waals surface area contributed by atoms with Crippen molar-refractivity contribution in [3.05, 3.63) is 84.2 Å². The van der Waals surface area contributed by atoms with E-state index in [9.17, 15) is 9.18 Å². The number of nitrogens with zero attached hydrogens (tertiary/aromatic N) is 4. The molecule has 0 radical (unpaired) electrons. The number of aromatic nitrogens is 4. The first-order valence-corrected chi connectivity index (χ1v) is 10.1. The van der Waals surface area contributed by atoms with Gasteiger partial charge < -0.3 is 10.1 Å². The van der Waals surface area contributed by atoms with Crippen molar-refractivity contribution in [1.82, 2.24) is 24.9 Å². The highest BCUT2D eigenvalue weighted by atomic mass is 19.1. The molecule has 0 saturated carbocycles. The highest BCUT2D eigenvalue weighted by Crippen LogP contribution is 2.23. The first-order chi connectivity index (χ1) is 15.2. The van der Waals surface area contributed by atoms with Gasteiger partial charge >= 0.3 is 0 Å². The predicted molar refractivity (Wildman–Crippen MR) is 113 cm³/mol. The van der Waals surface area contributed by atoms with Gasteiger partial charge in [-0.25, -0.2) is 13.9 Å². The fourth-order valence-corrected chi connectivity index (χ4v) is 3.16. The van der Waals surface area contributed by atoms with Gasteiger partial charge in [-0.2, -0.15) is 10.1 Å². The molecule has 0 saturated heterocycles. The first kappa shape index (κ1) is 20.5. The van der Waals surface area contributed by atoms with Crippen LogP contribution in [-0.2, 0) is 17.6 Å². The van der Waals surface area contributed by atoms with E-state index in [0.717, 1.165) is 24.0 Å². The Morgan fingerprint density at radius 2 is 1.90 bits per heavy atom. The minimum Gasteiger partial charge on any atom is -0.457 e. The zero-order valence-electron chi connectivity index (χ0n) is 16.9. The quantitative estimate of drug-likeness (QED) is 0.418. The maximum absolute atomic E-state index is 13.0. The monoisotopic (exact) mass is 419 g/mol. The fourth-order valence-electron chi connectivity index (χ4n) is 3.16. The molecule has 0 aliphatic rings. The molecule has 2 aromatic carbocycles. The normalized spacial score (nSPS) is 10.9. The zero-order chi connectivity index (χ0) is 21.5. The standard InChI is InChI=1S/C23H22FN5O2/c24-19-7-9-20(10-8-19)31-21-5-1-3-17(13-21)6-11-22(30)25-12-2-4-18-14-26-23-27-16-28-29(23)15-18/h1,3,5,7-10,13-16H,2,4,6,11-12H2,(H,25,30).